The molecule has 0 aliphatic carbocycles. The SMILES string of the molecule is COc1n[nH]c(C(=O)O)c1Cc1ccccc1. The number of carboxylic acids is 1. The molecule has 5 heteroatoms. The van der Waals surface area contributed by atoms with E-state index in [0.29, 0.717) is 17.9 Å². The molecule has 0 radical (unpaired) electrons. The number of nitrogens with one attached hydrogen (secondary N) is 1. The first kappa shape index (κ1) is 11.2. The molecule has 5 nitrogen and oxygen atoms in total. The maximum atomic E-state index is 11.0. The summed E-state index contributed by atoms with van der Waals surface area (Å²) in [6.07, 6.45) is 0.474. The average molecular weight is 232 g/mol. The van der Waals surface area contributed by atoms with Crippen LogP contribution in [-0.2, 0) is 6.42 Å². The Labute approximate surface area is 98.0 Å². The minimum absolute atomic E-state index is 0.0747. The molecule has 1 aromatic heterocycles. The summed E-state index contributed by atoms with van der Waals surface area (Å²) in [5.41, 5.74) is 1.65. The molecular formula is C12H12N2O3. The molecule has 1 aromatic carbocycles. The van der Waals surface area contributed by atoms with Gasteiger partial charge in [-0.2, -0.15) is 0 Å². The second-order valence-electron chi connectivity index (χ2n) is 3.55. The normalized spacial score (nSPS) is 10.2. The molecule has 1 heterocycles. The van der Waals surface area contributed by atoms with Crippen LogP contribution in [0.4, 0.5) is 0 Å². The number of aromatic nitrogens is 2. The Kier molecular flexibility index (Phi) is 3.09. The molecular weight excluding hydrogens is 220 g/mol. The van der Waals surface area contributed by atoms with Gasteiger partial charge >= 0.3 is 5.97 Å². The van der Waals surface area contributed by atoms with Gasteiger partial charge in [0.25, 0.3) is 0 Å². The second kappa shape index (κ2) is 4.69. The van der Waals surface area contributed by atoms with Gasteiger partial charge in [-0.3, -0.25) is 5.10 Å². The molecule has 88 valence electrons. The van der Waals surface area contributed by atoms with Gasteiger partial charge in [0, 0.05) is 6.42 Å². The smallest absolute Gasteiger partial charge is 0.354 e. The maximum Gasteiger partial charge on any atom is 0.354 e. The Morgan fingerprint density at radius 3 is 2.71 bits per heavy atom. The molecule has 17 heavy (non-hydrogen) atoms. The largest absolute Gasteiger partial charge is 0.480 e. The minimum atomic E-state index is -1.04. The topological polar surface area (TPSA) is 75.2 Å². The standard InChI is InChI=1S/C12H12N2O3/c1-17-11-9(10(12(15)16)13-14-11)7-8-5-3-2-4-6-8/h2-6H,7H2,1H3,(H,13,14)(H,15,16). The summed E-state index contributed by atoms with van der Waals surface area (Å²) in [6.45, 7) is 0. The predicted molar refractivity (Wildman–Crippen MR) is 61.3 cm³/mol. The lowest BCUT2D eigenvalue weighted by Crippen LogP contribution is -2.02. The van der Waals surface area contributed by atoms with Crippen LogP contribution in [0.3, 0.4) is 0 Å². The van der Waals surface area contributed by atoms with Crippen LogP contribution >= 0.6 is 0 Å². The molecule has 0 fully saturated rings. The van der Waals surface area contributed by atoms with Gasteiger partial charge < -0.3 is 9.84 Å². The summed E-state index contributed by atoms with van der Waals surface area (Å²) >= 11 is 0. The van der Waals surface area contributed by atoms with Crippen molar-refractivity contribution in [1.29, 1.82) is 0 Å². The van der Waals surface area contributed by atoms with E-state index in [9.17, 15) is 4.79 Å². The zero-order valence-corrected chi connectivity index (χ0v) is 9.30. The summed E-state index contributed by atoms with van der Waals surface area (Å²) in [5.74, 6) is -0.710. The third-order valence-electron chi connectivity index (χ3n) is 2.46. The number of aromatic carboxylic acids is 1. The third kappa shape index (κ3) is 2.28. The molecule has 0 unspecified atom stereocenters. The first-order chi connectivity index (χ1) is 8.22. The maximum absolute atomic E-state index is 11.0. The highest BCUT2D eigenvalue weighted by Gasteiger charge is 2.19. The Hall–Kier alpha value is -2.30. The van der Waals surface area contributed by atoms with Crippen molar-refractivity contribution in [3.63, 3.8) is 0 Å². The van der Waals surface area contributed by atoms with Gasteiger partial charge in [-0.25, -0.2) is 4.79 Å². The Morgan fingerprint density at radius 2 is 2.12 bits per heavy atom. The number of hydrogen-bond donors (Lipinski definition) is 2. The molecule has 0 aliphatic heterocycles. The Bertz CT molecular complexity index is 520. The van der Waals surface area contributed by atoms with Crippen LogP contribution in [0.1, 0.15) is 21.6 Å². The van der Waals surface area contributed by atoms with Crippen LogP contribution < -0.4 is 4.74 Å². The molecule has 0 saturated carbocycles. The lowest BCUT2D eigenvalue weighted by atomic mass is 10.1. The summed E-state index contributed by atoms with van der Waals surface area (Å²) in [7, 11) is 1.47. The highest BCUT2D eigenvalue weighted by Crippen LogP contribution is 2.22. The number of carboxylic acid groups (broad SMARTS) is 1. The van der Waals surface area contributed by atoms with Crippen molar-refractivity contribution in [1.82, 2.24) is 10.2 Å². The van der Waals surface area contributed by atoms with E-state index < -0.39 is 5.97 Å². The first-order valence-electron chi connectivity index (χ1n) is 5.11. The van der Waals surface area contributed by atoms with Crippen molar-refractivity contribution < 1.29 is 14.6 Å². The van der Waals surface area contributed by atoms with Gasteiger partial charge in [0.1, 0.15) is 0 Å². The van der Waals surface area contributed by atoms with Crippen molar-refractivity contribution in [3.05, 3.63) is 47.2 Å². The number of rotatable bonds is 4. The fourth-order valence-corrected chi connectivity index (χ4v) is 1.66. The monoisotopic (exact) mass is 232 g/mol. The molecule has 2 aromatic rings. The van der Waals surface area contributed by atoms with Crippen LogP contribution in [0.5, 0.6) is 5.88 Å². The van der Waals surface area contributed by atoms with E-state index in [1.165, 1.54) is 7.11 Å². The Balaban J connectivity index is 2.37. The number of ether oxygens (including phenoxy) is 1. The number of hydrogen-bond acceptors (Lipinski definition) is 3. The van der Waals surface area contributed by atoms with Gasteiger partial charge in [0.2, 0.25) is 5.88 Å². The van der Waals surface area contributed by atoms with E-state index >= 15 is 0 Å². The fourth-order valence-electron chi connectivity index (χ4n) is 1.66. The van der Waals surface area contributed by atoms with E-state index in [0.717, 1.165) is 5.56 Å². The highest BCUT2D eigenvalue weighted by atomic mass is 16.5. The highest BCUT2D eigenvalue weighted by molar-refractivity contribution is 5.87. The van der Waals surface area contributed by atoms with Gasteiger partial charge in [-0.1, -0.05) is 30.3 Å². The average Bonchev–Trinajstić information content (AvgIpc) is 2.73. The lowest BCUT2D eigenvalue weighted by Gasteiger charge is -2.02. The van der Waals surface area contributed by atoms with E-state index in [-0.39, 0.29) is 5.69 Å². The molecule has 0 bridgehead atoms. The van der Waals surface area contributed by atoms with Gasteiger partial charge in [0.15, 0.2) is 5.69 Å². The summed E-state index contributed by atoms with van der Waals surface area (Å²) in [5, 5.41) is 15.3. The molecule has 0 atom stereocenters. The fraction of sp³-hybridized carbons (Fsp3) is 0.167. The molecule has 0 spiro atoms. The molecule has 2 N–H and O–H groups in total. The number of nitrogens with zero attached hydrogens (tertiary/aromatic N) is 1. The van der Waals surface area contributed by atoms with Crippen molar-refractivity contribution in [3.8, 4) is 5.88 Å². The van der Waals surface area contributed by atoms with Gasteiger partial charge in [-0.15, -0.1) is 5.10 Å². The second-order valence-corrected chi connectivity index (χ2v) is 3.55. The zero-order valence-electron chi connectivity index (χ0n) is 9.30. The van der Waals surface area contributed by atoms with Crippen molar-refractivity contribution in [2.45, 2.75) is 6.42 Å². The quantitative estimate of drug-likeness (QED) is 0.841. The zero-order chi connectivity index (χ0) is 12.3. The Morgan fingerprint density at radius 1 is 1.41 bits per heavy atom. The molecule has 0 aliphatic rings. The van der Waals surface area contributed by atoms with Gasteiger partial charge in [-0.05, 0) is 5.56 Å². The van der Waals surface area contributed by atoms with Gasteiger partial charge in [0.05, 0.1) is 12.7 Å². The predicted octanol–water partition coefficient (Wildman–Crippen LogP) is 1.71. The third-order valence-corrected chi connectivity index (χ3v) is 2.46. The molecule has 0 amide bonds. The van der Waals surface area contributed by atoms with E-state index in [1.807, 2.05) is 30.3 Å². The number of methoxy groups -OCH3 is 1. The number of benzene rings is 1. The van der Waals surface area contributed by atoms with Crippen LogP contribution in [0, 0.1) is 0 Å². The molecule has 0 saturated heterocycles. The number of aromatic amines is 1. The number of carbonyl (C=O) groups is 1. The van der Waals surface area contributed by atoms with Crippen LogP contribution in [0.25, 0.3) is 0 Å². The van der Waals surface area contributed by atoms with Crippen molar-refractivity contribution >= 4 is 5.97 Å². The van der Waals surface area contributed by atoms with Crippen LogP contribution in [0.2, 0.25) is 0 Å². The van der Waals surface area contributed by atoms with E-state index in [2.05, 4.69) is 10.2 Å². The van der Waals surface area contributed by atoms with Crippen LogP contribution in [-0.4, -0.2) is 28.4 Å². The summed E-state index contributed by atoms with van der Waals surface area (Å²) < 4.78 is 5.04. The summed E-state index contributed by atoms with van der Waals surface area (Å²) in [4.78, 5) is 11.0. The number of H-pyrrole nitrogens is 1. The van der Waals surface area contributed by atoms with Crippen LogP contribution in [0.15, 0.2) is 30.3 Å². The van der Waals surface area contributed by atoms with Crippen molar-refractivity contribution in [2.75, 3.05) is 7.11 Å². The minimum Gasteiger partial charge on any atom is -0.480 e. The van der Waals surface area contributed by atoms with E-state index in [4.69, 9.17) is 9.84 Å². The lowest BCUT2D eigenvalue weighted by molar-refractivity contribution is 0.0689. The molecule has 2 rings (SSSR count). The van der Waals surface area contributed by atoms with E-state index in [1.54, 1.807) is 0 Å². The van der Waals surface area contributed by atoms with Crippen molar-refractivity contribution in [2.24, 2.45) is 0 Å². The first-order valence-corrected chi connectivity index (χ1v) is 5.11. The summed E-state index contributed by atoms with van der Waals surface area (Å²) in [6, 6.07) is 9.58.